The second-order valence-corrected chi connectivity index (χ2v) is 13.7. The Morgan fingerprint density at radius 1 is 0.900 bits per heavy atom. The fourth-order valence-electron chi connectivity index (χ4n) is 4.90. The van der Waals surface area contributed by atoms with Crippen molar-refractivity contribution in [1.29, 1.82) is 0 Å². The highest BCUT2D eigenvalue weighted by Gasteiger charge is 2.24. The summed E-state index contributed by atoms with van der Waals surface area (Å²) in [5, 5.41) is 3.05. The lowest BCUT2D eigenvalue weighted by Crippen LogP contribution is -2.36. The van der Waals surface area contributed by atoms with Gasteiger partial charge >= 0.3 is 0 Å². The summed E-state index contributed by atoms with van der Waals surface area (Å²) in [6, 6.07) is 12.8. The van der Waals surface area contributed by atoms with Gasteiger partial charge in [-0.25, -0.2) is 30.6 Å². The van der Waals surface area contributed by atoms with Gasteiger partial charge in [0.1, 0.15) is 11.6 Å². The molecule has 0 unspecified atom stereocenters. The van der Waals surface area contributed by atoms with E-state index in [1.165, 1.54) is 12.1 Å². The van der Waals surface area contributed by atoms with Crippen LogP contribution in [0, 0.1) is 18.6 Å². The first-order chi connectivity index (χ1) is 18.8. The summed E-state index contributed by atoms with van der Waals surface area (Å²) in [6.45, 7) is 3.87. The second kappa shape index (κ2) is 10.4. The first kappa shape index (κ1) is 27.9. The van der Waals surface area contributed by atoms with Crippen LogP contribution in [-0.2, 0) is 24.4 Å². The molecule has 0 spiro atoms. The maximum absolute atomic E-state index is 15.3. The number of pyridine rings is 1. The number of sulfone groups is 2. The number of hydrogen-bond donors (Lipinski definition) is 1. The van der Waals surface area contributed by atoms with Crippen LogP contribution in [0.2, 0.25) is 0 Å². The Bertz CT molecular complexity index is 1860. The molecule has 1 fully saturated rings. The topological polar surface area (TPSA) is 106 Å². The van der Waals surface area contributed by atoms with Crippen LogP contribution in [0.15, 0.2) is 64.4 Å². The van der Waals surface area contributed by atoms with Gasteiger partial charge < -0.3 is 15.0 Å². The van der Waals surface area contributed by atoms with Gasteiger partial charge in [-0.05, 0) is 36.8 Å². The number of morpholine rings is 1. The van der Waals surface area contributed by atoms with Crippen LogP contribution in [0.1, 0.15) is 5.56 Å². The molecule has 12 heteroatoms. The van der Waals surface area contributed by atoms with E-state index in [1.807, 2.05) is 4.90 Å². The average molecular weight is 588 g/mol. The Kier molecular flexibility index (Phi) is 7.28. The Morgan fingerprint density at radius 2 is 1.57 bits per heavy atom. The van der Waals surface area contributed by atoms with Gasteiger partial charge in [0, 0.05) is 49.0 Å². The molecule has 4 aromatic rings. The third-order valence-electron chi connectivity index (χ3n) is 6.79. The van der Waals surface area contributed by atoms with Gasteiger partial charge in [-0.15, -0.1) is 0 Å². The zero-order chi connectivity index (χ0) is 28.8. The van der Waals surface area contributed by atoms with Crippen LogP contribution in [-0.4, -0.2) is 60.6 Å². The van der Waals surface area contributed by atoms with Gasteiger partial charge in [0.2, 0.25) is 0 Å². The molecule has 3 aromatic carbocycles. The van der Waals surface area contributed by atoms with Crippen LogP contribution in [0.25, 0.3) is 22.2 Å². The van der Waals surface area contributed by atoms with E-state index in [1.54, 1.807) is 37.3 Å². The summed E-state index contributed by atoms with van der Waals surface area (Å²) in [5.74, 6) is -1.76. The fraction of sp³-hybridized carbons (Fsp3) is 0.250. The van der Waals surface area contributed by atoms with E-state index in [4.69, 9.17) is 4.74 Å². The Labute approximate surface area is 231 Å². The molecule has 0 radical (unpaired) electrons. The quantitative estimate of drug-likeness (QED) is 0.341. The minimum atomic E-state index is -3.73. The molecule has 1 N–H and O–H groups in total. The number of anilines is 3. The van der Waals surface area contributed by atoms with Crippen LogP contribution >= 0.6 is 0 Å². The van der Waals surface area contributed by atoms with Crippen LogP contribution in [0.4, 0.5) is 25.8 Å². The molecule has 5 rings (SSSR count). The molecule has 40 heavy (non-hydrogen) atoms. The van der Waals surface area contributed by atoms with Crippen molar-refractivity contribution in [2.45, 2.75) is 16.7 Å². The third kappa shape index (κ3) is 5.38. The van der Waals surface area contributed by atoms with Crippen molar-refractivity contribution in [1.82, 2.24) is 4.98 Å². The molecule has 210 valence electrons. The number of fused-ring (bicyclic) bond motifs is 1. The van der Waals surface area contributed by atoms with Gasteiger partial charge in [-0.3, -0.25) is 0 Å². The normalized spacial score (nSPS) is 14.5. The van der Waals surface area contributed by atoms with Crippen LogP contribution in [0.3, 0.4) is 0 Å². The van der Waals surface area contributed by atoms with Gasteiger partial charge in [-0.1, -0.05) is 18.2 Å². The van der Waals surface area contributed by atoms with Gasteiger partial charge in [-0.2, -0.15) is 0 Å². The number of hydrogen-bond acceptors (Lipinski definition) is 8. The molecular formula is C28H27F2N3O5S2. The first-order valence-corrected chi connectivity index (χ1v) is 16.2. The van der Waals surface area contributed by atoms with Crippen molar-refractivity contribution in [2.75, 3.05) is 49.0 Å². The van der Waals surface area contributed by atoms with Gasteiger partial charge in [0.15, 0.2) is 19.7 Å². The highest BCUT2D eigenvalue weighted by atomic mass is 32.2. The van der Waals surface area contributed by atoms with E-state index in [-0.39, 0.29) is 43.3 Å². The molecule has 2 heterocycles. The minimum absolute atomic E-state index is 0.00100. The maximum Gasteiger partial charge on any atom is 0.177 e. The summed E-state index contributed by atoms with van der Waals surface area (Å²) in [5.41, 5.74) is 1.80. The maximum atomic E-state index is 15.3. The Hall–Kier alpha value is -3.61. The summed E-state index contributed by atoms with van der Waals surface area (Å²) >= 11 is 0. The zero-order valence-corrected chi connectivity index (χ0v) is 23.7. The molecule has 1 saturated heterocycles. The standard InChI is InChI=1S/C28H27F2N3O5S2/c1-17-27(20-6-4-5-7-24(20)39(2,34)35)32-23-15-18(29)14-21(30)26(23)28(17)31-22-16-19(33-10-12-38-13-11-33)8-9-25(22)40(3,36)37/h4-9,14-16H,10-13H2,1-3H3,(H,31,32). The molecule has 1 aromatic heterocycles. The van der Waals surface area contributed by atoms with Crippen molar-refractivity contribution in [2.24, 2.45) is 0 Å². The smallest absolute Gasteiger partial charge is 0.177 e. The molecule has 0 aliphatic carbocycles. The lowest BCUT2D eigenvalue weighted by Gasteiger charge is -2.29. The van der Waals surface area contributed by atoms with E-state index in [0.717, 1.165) is 30.3 Å². The molecule has 0 amide bonds. The van der Waals surface area contributed by atoms with E-state index in [2.05, 4.69) is 10.3 Å². The molecule has 1 aliphatic rings. The van der Waals surface area contributed by atoms with Crippen molar-refractivity contribution in [3.63, 3.8) is 0 Å². The molecule has 0 saturated carbocycles. The van der Waals surface area contributed by atoms with Crippen LogP contribution < -0.4 is 10.2 Å². The van der Waals surface area contributed by atoms with E-state index < -0.39 is 31.3 Å². The largest absolute Gasteiger partial charge is 0.378 e. The molecular weight excluding hydrogens is 560 g/mol. The Morgan fingerprint density at radius 3 is 2.25 bits per heavy atom. The highest BCUT2D eigenvalue weighted by molar-refractivity contribution is 7.91. The molecule has 1 aliphatic heterocycles. The first-order valence-electron chi connectivity index (χ1n) is 12.4. The number of nitrogens with one attached hydrogen (secondary N) is 1. The van der Waals surface area contributed by atoms with Gasteiger partial charge in [0.05, 0.1) is 51.0 Å². The van der Waals surface area contributed by atoms with Crippen molar-refractivity contribution in [3.8, 4) is 11.3 Å². The average Bonchev–Trinajstić information content (AvgIpc) is 2.89. The number of rotatable bonds is 6. The number of benzene rings is 3. The lowest BCUT2D eigenvalue weighted by molar-refractivity contribution is 0.122. The summed E-state index contributed by atoms with van der Waals surface area (Å²) < 4.78 is 85.8. The van der Waals surface area contributed by atoms with Gasteiger partial charge in [0.25, 0.3) is 0 Å². The lowest BCUT2D eigenvalue weighted by atomic mass is 10.0. The highest BCUT2D eigenvalue weighted by Crippen LogP contribution is 2.40. The monoisotopic (exact) mass is 587 g/mol. The molecule has 0 atom stereocenters. The van der Waals surface area contributed by atoms with E-state index in [9.17, 15) is 21.2 Å². The van der Waals surface area contributed by atoms with E-state index in [0.29, 0.717) is 31.9 Å². The number of aromatic nitrogens is 1. The second-order valence-electron chi connectivity index (χ2n) is 9.69. The van der Waals surface area contributed by atoms with Crippen molar-refractivity contribution in [3.05, 3.63) is 71.8 Å². The summed E-state index contributed by atoms with van der Waals surface area (Å²) in [6.07, 6.45) is 2.14. The van der Waals surface area contributed by atoms with Crippen molar-refractivity contribution >= 4 is 47.6 Å². The number of nitrogens with zero attached hydrogens (tertiary/aromatic N) is 2. The molecule has 8 nitrogen and oxygen atoms in total. The third-order valence-corrected chi connectivity index (χ3v) is 9.10. The SMILES string of the molecule is Cc1c(-c2ccccc2S(C)(=O)=O)nc2cc(F)cc(F)c2c1Nc1cc(N2CCOCC2)ccc1S(C)(=O)=O. The molecule has 0 bridgehead atoms. The predicted octanol–water partition coefficient (Wildman–Crippen LogP) is 4.88. The Balaban J connectivity index is 1.79. The zero-order valence-electron chi connectivity index (χ0n) is 22.0. The summed E-state index contributed by atoms with van der Waals surface area (Å²) in [7, 11) is -7.41. The summed E-state index contributed by atoms with van der Waals surface area (Å²) in [4.78, 5) is 6.50. The number of ether oxygens (including phenoxy) is 1. The fourth-order valence-corrected chi connectivity index (χ4v) is 6.62. The number of halogens is 2. The minimum Gasteiger partial charge on any atom is -0.378 e. The van der Waals surface area contributed by atoms with Crippen LogP contribution in [0.5, 0.6) is 0 Å². The predicted molar refractivity (Wildman–Crippen MR) is 151 cm³/mol. The van der Waals surface area contributed by atoms with Crippen molar-refractivity contribution < 1.29 is 30.4 Å². The van der Waals surface area contributed by atoms with E-state index >= 15 is 4.39 Å².